The first-order valence-electron chi connectivity index (χ1n) is 4.29. The zero-order chi connectivity index (χ0) is 9.68. The van der Waals surface area contributed by atoms with Crippen molar-refractivity contribution in [3.8, 4) is 0 Å². The van der Waals surface area contributed by atoms with Gasteiger partial charge in [-0.15, -0.1) is 0 Å². The van der Waals surface area contributed by atoms with E-state index < -0.39 is 11.6 Å². The molecule has 0 amide bonds. The lowest BCUT2D eigenvalue weighted by molar-refractivity contribution is 0.284. The van der Waals surface area contributed by atoms with Gasteiger partial charge in [0.15, 0.2) is 11.6 Å². The van der Waals surface area contributed by atoms with Crippen molar-refractivity contribution in [2.45, 2.75) is 19.3 Å². The highest BCUT2D eigenvalue weighted by Crippen LogP contribution is 2.13. The van der Waals surface area contributed by atoms with E-state index in [9.17, 15) is 8.78 Å². The number of aliphatic hydroxyl groups excluding tert-OH is 1. The zero-order valence-corrected chi connectivity index (χ0v) is 7.26. The third-order valence-corrected chi connectivity index (χ3v) is 1.89. The number of unbranched alkanes of at least 4 members (excludes halogenated alkanes) is 1. The molecule has 1 aromatic carbocycles. The van der Waals surface area contributed by atoms with Gasteiger partial charge in [0, 0.05) is 6.61 Å². The van der Waals surface area contributed by atoms with Crippen molar-refractivity contribution in [1.82, 2.24) is 0 Å². The summed E-state index contributed by atoms with van der Waals surface area (Å²) in [6.45, 7) is 0.0942. The van der Waals surface area contributed by atoms with Gasteiger partial charge in [-0.05, 0) is 30.9 Å². The summed E-state index contributed by atoms with van der Waals surface area (Å²) in [4.78, 5) is 0. The van der Waals surface area contributed by atoms with Gasteiger partial charge in [0.1, 0.15) is 0 Å². The Kier molecular flexibility index (Phi) is 3.83. The van der Waals surface area contributed by atoms with Gasteiger partial charge in [-0.2, -0.15) is 0 Å². The molecule has 0 aliphatic rings. The van der Waals surface area contributed by atoms with Crippen LogP contribution in [0.2, 0.25) is 0 Å². The van der Waals surface area contributed by atoms with Crippen molar-refractivity contribution in [2.24, 2.45) is 0 Å². The number of hydrogen-bond donors (Lipinski definition) is 1. The summed E-state index contributed by atoms with van der Waals surface area (Å²) < 4.78 is 25.7. The Balaban J connectivity index is 2.61. The van der Waals surface area contributed by atoms with E-state index in [1.54, 1.807) is 6.07 Å². The van der Waals surface area contributed by atoms with Crippen LogP contribution in [-0.2, 0) is 6.42 Å². The van der Waals surface area contributed by atoms with Crippen molar-refractivity contribution in [3.63, 3.8) is 0 Å². The van der Waals surface area contributed by atoms with Gasteiger partial charge < -0.3 is 5.11 Å². The molecule has 0 saturated carbocycles. The largest absolute Gasteiger partial charge is 0.396 e. The monoisotopic (exact) mass is 186 g/mol. The Morgan fingerprint density at radius 3 is 2.62 bits per heavy atom. The smallest absolute Gasteiger partial charge is 0.162 e. The van der Waals surface area contributed by atoms with Gasteiger partial charge in [0.25, 0.3) is 0 Å². The van der Waals surface area contributed by atoms with E-state index in [1.807, 2.05) is 0 Å². The van der Waals surface area contributed by atoms with Crippen LogP contribution in [0.5, 0.6) is 0 Å². The van der Waals surface area contributed by atoms with Crippen molar-refractivity contribution in [3.05, 3.63) is 35.4 Å². The minimum atomic E-state index is -0.804. The van der Waals surface area contributed by atoms with Gasteiger partial charge in [0.2, 0.25) is 0 Å². The highest BCUT2D eigenvalue weighted by Gasteiger charge is 2.06. The lowest BCUT2D eigenvalue weighted by atomic mass is 10.1. The standard InChI is InChI=1S/C10H12F2O/c11-9-6-3-5-8(10(9)12)4-1-2-7-13/h3,5-6,13H,1-2,4,7H2. The van der Waals surface area contributed by atoms with Crippen molar-refractivity contribution in [2.75, 3.05) is 6.61 Å². The molecule has 0 aromatic heterocycles. The maximum Gasteiger partial charge on any atom is 0.162 e. The number of hydrogen-bond acceptors (Lipinski definition) is 1. The summed E-state index contributed by atoms with van der Waals surface area (Å²) in [5.41, 5.74) is 0.383. The summed E-state index contributed by atoms with van der Waals surface area (Å²) >= 11 is 0. The molecule has 0 radical (unpaired) electrons. The predicted octanol–water partition coefficient (Wildman–Crippen LogP) is 2.28. The van der Waals surface area contributed by atoms with Gasteiger partial charge >= 0.3 is 0 Å². The van der Waals surface area contributed by atoms with E-state index in [1.165, 1.54) is 6.07 Å². The lowest BCUT2D eigenvalue weighted by Gasteiger charge is -2.02. The maximum absolute atomic E-state index is 13.0. The van der Waals surface area contributed by atoms with Crippen LogP contribution in [0.4, 0.5) is 8.78 Å². The van der Waals surface area contributed by atoms with E-state index in [2.05, 4.69) is 0 Å². The third-order valence-electron chi connectivity index (χ3n) is 1.89. The number of rotatable bonds is 4. The van der Waals surface area contributed by atoms with Gasteiger partial charge in [-0.1, -0.05) is 12.1 Å². The Morgan fingerprint density at radius 2 is 1.92 bits per heavy atom. The summed E-state index contributed by atoms with van der Waals surface area (Å²) in [6, 6.07) is 4.16. The molecule has 1 aromatic rings. The van der Waals surface area contributed by atoms with Crippen LogP contribution < -0.4 is 0 Å². The summed E-state index contributed by atoms with van der Waals surface area (Å²) in [5, 5.41) is 8.50. The second-order valence-corrected chi connectivity index (χ2v) is 2.89. The first-order chi connectivity index (χ1) is 6.25. The fourth-order valence-corrected chi connectivity index (χ4v) is 1.17. The van der Waals surface area contributed by atoms with E-state index in [-0.39, 0.29) is 6.61 Å². The van der Waals surface area contributed by atoms with Crippen LogP contribution in [0.1, 0.15) is 18.4 Å². The second kappa shape index (κ2) is 4.92. The molecule has 0 bridgehead atoms. The number of halogens is 2. The molecule has 0 saturated heterocycles. The Morgan fingerprint density at radius 1 is 1.15 bits per heavy atom. The highest BCUT2D eigenvalue weighted by molar-refractivity contribution is 5.18. The predicted molar refractivity (Wildman–Crippen MR) is 46.4 cm³/mol. The molecule has 1 nitrogen and oxygen atoms in total. The molecule has 0 heterocycles. The quantitative estimate of drug-likeness (QED) is 0.715. The molecule has 0 unspecified atom stereocenters. The van der Waals surface area contributed by atoms with Crippen LogP contribution in [0, 0.1) is 11.6 Å². The molecule has 0 fully saturated rings. The van der Waals surface area contributed by atoms with Crippen molar-refractivity contribution >= 4 is 0 Å². The zero-order valence-electron chi connectivity index (χ0n) is 7.26. The van der Waals surface area contributed by atoms with Gasteiger partial charge in [0.05, 0.1) is 0 Å². The van der Waals surface area contributed by atoms with Crippen LogP contribution in [0.15, 0.2) is 18.2 Å². The van der Waals surface area contributed by atoms with E-state index >= 15 is 0 Å². The molecule has 0 aliphatic heterocycles. The summed E-state index contributed by atoms with van der Waals surface area (Å²) in [6.07, 6.45) is 1.77. The van der Waals surface area contributed by atoms with Crippen LogP contribution in [0.25, 0.3) is 0 Å². The maximum atomic E-state index is 13.0. The molecule has 1 rings (SSSR count). The molecule has 0 atom stereocenters. The number of aliphatic hydroxyl groups is 1. The first kappa shape index (κ1) is 10.1. The highest BCUT2D eigenvalue weighted by atomic mass is 19.2. The number of benzene rings is 1. The Bertz CT molecular complexity index is 274. The number of aryl methyl sites for hydroxylation is 1. The minimum Gasteiger partial charge on any atom is -0.396 e. The Hall–Kier alpha value is -0.960. The molecule has 1 N–H and O–H groups in total. The third kappa shape index (κ3) is 2.77. The molecule has 0 aliphatic carbocycles. The van der Waals surface area contributed by atoms with Crippen LogP contribution in [-0.4, -0.2) is 11.7 Å². The molecular formula is C10H12F2O. The van der Waals surface area contributed by atoms with Gasteiger partial charge in [-0.3, -0.25) is 0 Å². The summed E-state index contributed by atoms with van der Waals surface area (Å²) in [5.74, 6) is -1.57. The normalized spacial score (nSPS) is 10.4. The van der Waals surface area contributed by atoms with Crippen LogP contribution >= 0.6 is 0 Å². The average Bonchev–Trinajstić information content (AvgIpc) is 2.13. The van der Waals surface area contributed by atoms with Gasteiger partial charge in [-0.25, -0.2) is 8.78 Å². The van der Waals surface area contributed by atoms with E-state index in [4.69, 9.17) is 5.11 Å². The first-order valence-corrected chi connectivity index (χ1v) is 4.29. The molecular weight excluding hydrogens is 174 g/mol. The summed E-state index contributed by atoms with van der Waals surface area (Å²) in [7, 11) is 0. The SMILES string of the molecule is OCCCCc1cccc(F)c1F. The molecule has 13 heavy (non-hydrogen) atoms. The van der Waals surface area contributed by atoms with E-state index in [0.29, 0.717) is 24.8 Å². The Labute approximate surface area is 76.0 Å². The topological polar surface area (TPSA) is 20.2 Å². The lowest BCUT2D eigenvalue weighted by Crippen LogP contribution is -1.95. The second-order valence-electron chi connectivity index (χ2n) is 2.89. The molecule has 0 spiro atoms. The minimum absolute atomic E-state index is 0.0942. The van der Waals surface area contributed by atoms with Crippen molar-refractivity contribution < 1.29 is 13.9 Å². The van der Waals surface area contributed by atoms with Crippen LogP contribution in [0.3, 0.4) is 0 Å². The van der Waals surface area contributed by atoms with E-state index in [0.717, 1.165) is 6.07 Å². The fourth-order valence-electron chi connectivity index (χ4n) is 1.17. The molecule has 3 heteroatoms. The molecule has 72 valence electrons. The van der Waals surface area contributed by atoms with Crippen molar-refractivity contribution in [1.29, 1.82) is 0 Å². The average molecular weight is 186 g/mol. The fraction of sp³-hybridized carbons (Fsp3) is 0.400.